The van der Waals surface area contributed by atoms with Gasteiger partial charge in [-0.15, -0.1) is 0 Å². The lowest BCUT2D eigenvalue weighted by molar-refractivity contribution is 0.579. The third-order valence-electron chi connectivity index (χ3n) is 2.62. The van der Waals surface area contributed by atoms with Crippen LogP contribution in [0.4, 0.5) is 0 Å². The molecule has 2 N–H and O–H groups in total. The van der Waals surface area contributed by atoms with Gasteiger partial charge in [0.1, 0.15) is 5.58 Å². The van der Waals surface area contributed by atoms with Crippen LogP contribution in [0, 0.1) is 0 Å². The summed E-state index contributed by atoms with van der Waals surface area (Å²) in [5.41, 5.74) is 1.63. The average molecular weight is 303 g/mol. The summed E-state index contributed by atoms with van der Waals surface area (Å²) >= 11 is 6.03. The molecule has 0 spiro atoms. The number of furan rings is 1. The number of halogens is 1. The molecule has 0 radical (unpaired) electrons. The van der Waals surface area contributed by atoms with Crippen molar-refractivity contribution in [2.75, 3.05) is 19.3 Å². The molecule has 0 bridgehead atoms. The minimum absolute atomic E-state index is 0.340. The predicted octanol–water partition coefficient (Wildman–Crippen LogP) is 1.73. The Bertz CT molecular complexity index is 667. The molecular weight excluding hydrogens is 288 g/mol. The van der Waals surface area contributed by atoms with Gasteiger partial charge >= 0.3 is 0 Å². The van der Waals surface area contributed by atoms with Crippen molar-refractivity contribution in [3.05, 3.63) is 35.0 Å². The first-order valence-corrected chi connectivity index (χ1v) is 8.05. The molecule has 1 aromatic heterocycles. The zero-order chi connectivity index (χ0) is 13.9. The van der Waals surface area contributed by atoms with Crippen LogP contribution in [0.2, 0.25) is 5.22 Å². The Kier molecular flexibility index (Phi) is 4.46. The van der Waals surface area contributed by atoms with Crippen LogP contribution in [-0.2, 0) is 16.6 Å². The van der Waals surface area contributed by atoms with Crippen LogP contribution in [0.3, 0.4) is 0 Å². The second-order valence-corrected chi connectivity index (χ2v) is 6.37. The van der Waals surface area contributed by atoms with E-state index in [0.29, 0.717) is 24.9 Å². The maximum Gasteiger partial charge on any atom is 0.208 e. The molecule has 0 fully saturated rings. The number of benzene rings is 1. The van der Waals surface area contributed by atoms with E-state index in [9.17, 15) is 8.42 Å². The predicted molar refractivity (Wildman–Crippen MR) is 75.8 cm³/mol. The smallest absolute Gasteiger partial charge is 0.208 e. The highest BCUT2D eigenvalue weighted by atomic mass is 35.5. The minimum atomic E-state index is -3.14. The Morgan fingerprint density at radius 2 is 2.00 bits per heavy atom. The highest BCUT2D eigenvalue weighted by Crippen LogP contribution is 2.29. The quantitative estimate of drug-likeness (QED) is 0.797. The molecule has 0 aliphatic rings. The Balaban J connectivity index is 1.93. The molecule has 5 nitrogen and oxygen atoms in total. The maximum absolute atomic E-state index is 10.9. The fourth-order valence-corrected chi connectivity index (χ4v) is 2.50. The van der Waals surface area contributed by atoms with Crippen LogP contribution in [0.5, 0.6) is 0 Å². The molecule has 0 amide bonds. The van der Waals surface area contributed by atoms with Gasteiger partial charge in [-0.2, -0.15) is 0 Å². The van der Waals surface area contributed by atoms with Gasteiger partial charge in [-0.1, -0.05) is 18.2 Å². The van der Waals surface area contributed by atoms with Gasteiger partial charge in [-0.05, 0) is 17.7 Å². The van der Waals surface area contributed by atoms with Crippen molar-refractivity contribution in [2.45, 2.75) is 6.54 Å². The van der Waals surface area contributed by atoms with E-state index in [2.05, 4.69) is 10.0 Å². The highest BCUT2D eigenvalue weighted by Gasteiger charge is 2.11. The molecule has 0 aliphatic carbocycles. The molecule has 0 saturated carbocycles. The lowest BCUT2D eigenvalue weighted by Crippen LogP contribution is -2.30. The van der Waals surface area contributed by atoms with Crippen molar-refractivity contribution in [3.8, 4) is 0 Å². The van der Waals surface area contributed by atoms with Gasteiger partial charge in [0, 0.05) is 30.6 Å². The van der Waals surface area contributed by atoms with Crippen molar-refractivity contribution in [1.29, 1.82) is 0 Å². The SMILES string of the molecule is CS(=O)(=O)NCCNCc1c(Cl)oc2ccccc12. The lowest BCUT2D eigenvalue weighted by Gasteiger charge is -2.04. The Hall–Kier alpha value is -1.08. The maximum atomic E-state index is 10.9. The van der Waals surface area contributed by atoms with E-state index in [0.717, 1.165) is 22.8 Å². The molecule has 2 aromatic rings. The summed E-state index contributed by atoms with van der Waals surface area (Å²) in [5.74, 6) is 0. The van der Waals surface area contributed by atoms with Gasteiger partial charge in [-0.3, -0.25) is 0 Å². The standard InChI is InChI=1S/C12H15ClN2O3S/c1-19(16,17)15-7-6-14-8-10-9-4-2-3-5-11(9)18-12(10)13/h2-5,14-15H,6-8H2,1H3. The van der Waals surface area contributed by atoms with Crippen molar-refractivity contribution >= 4 is 32.6 Å². The van der Waals surface area contributed by atoms with Gasteiger partial charge < -0.3 is 9.73 Å². The summed E-state index contributed by atoms with van der Waals surface area (Å²) in [7, 11) is -3.14. The van der Waals surface area contributed by atoms with Gasteiger partial charge in [0.25, 0.3) is 0 Å². The first-order valence-electron chi connectivity index (χ1n) is 5.78. The van der Waals surface area contributed by atoms with Crippen molar-refractivity contribution in [2.24, 2.45) is 0 Å². The van der Waals surface area contributed by atoms with Gasteiger partial charge in [0.05, 0.1) is 6.26 Å². The largest absolute Gasteiger partial charge is 0.444 e. The van der Waals surface area contributed by atoms with E-state index in [1.54, 1.807) is 0 Å². The molecule has 0 aliphatic heterocycles. The van der Waals surface area contributed by atoms with Crippen LogP contribution in [0.15, 0.2) is 28.7 Å². The second kappa shape index (κ2) is 5.92. The second-order valence-electron chi connectivity index (χ2n) is 4.19. The molecule has 0 unspecified atom stereocenters. The van der Waals surface area contributed by atoms with Crippen LogP contribution >= 0.6 is 11.6 Å². The molecule has 0 saturated heterocycles. The molecule has 19 heavy (non-hydrogen) atoms. The number of fused-ring (bicyclic) bond motifs is 1. The first-order chi connectivity index (χ1) is 8.97. The Morgan fingerprint density at radius 1 is 1.26 bits per heavy atom. The normalized spacial score (nSPS) is 12.1. The average Bonchev–Trinajstić information content (AvgIpc) is 2.64. The summed E-state index contributed by atoms with van der Waals surface area (Å²) in [6.07, 6.45) is 1.13. The number of hydrogen-bond acceptors (Lipinski definition) is 4. The summed E-state index contributed by atoms with van der Waals surface area (Å²) in [5, 5.41) is 4.46. The zero-order valence-corrected chi connectivity index (χ0v) is 12.0. The molecule has 2 rings (SSSR count). The number of nitrogens with one attached hydrogen (secondary N) is 2. The van der Waals surface area contributed by atoms with E-state index in [4.69, 9.17) is 16.0 Å². The summed E-state index contributed by atoms with van der Waals surface area (Å²) < 4.78 is 29.6. The van der Waals surface area contributed by atoms with Crippen LogP contribution in [-0.4, -0.2) is 27.8 Å². The van der Waals surface area contributed by atoms with E-state index >= 15 is 0 Å². The van der Waals surface area contributed by atoms with Crippen LogP contribution in [0.1, 0.15) is 5.56 Å². The van der Waals surface area contributed by atoms with Gasteiger partial charge in [0.2, 0.25) is 10.0 Å². The fourth-order valence-electron chi connectivity index (χ4n) is 1.77. The van der Waals surface area contributed by atoms with Crippen LogP contribution < -0.4 is 10.0 Å². The number of para-hydroxylation sites is 1. The number of sulfonamides is 1. The van der Waals surface area contributed by atoms with E-state index in [1.165, 1.54) is 0 Å². The van der Waals surface area contributed by atoms with E-state index in [-0.39, 0.29) is 0 Å². The lowest BCUT2D eigenvalue weighted by atomic mass is 10.2. The monoisotopic (exact) mass is 302 g/mol. The van der Waals surface area contributed by atoms with Crippen molar-refractivity contribution in [1.82, 2.24) is 10.0 Å². The van der Waals surface area contributed by atoms with Crippen molar-refractivity contribution < 1.29 is 12.8 Å². The Labute approximate surface area is 117 Å². The molecule has 104 valence electrons. The third-order valence-corrected chi connectivity index (χ3v) is 3.65. The molecule has 7 heteroatoms. The fraction of sp³-hybridized carbons (Fsp3) is 0.333. The van der Waals surface area contributed by atoms with Crippen molar-refractivity contribution in [3.63, 3.8) is 0 Å². The van der Waals surface area contributed by atoms with E-state index in [1.807, 2.05) is 24.3 Å². The third kappa shape index (κ3) is 3.94. The topological polar surface area (TPSA) is 71.3 Å². The summed E-state index contributed by atoms with van der Waals surface area (Å²) in [6, 6.07) is 7.60. The Morgan fingerprint density at radius 3 is 2.74 bits per heavy atom. The molecule has 0 atom stereocenters. The summed E-state index contributed by atoms with van der Waals surface area (Å²) in [6.45, 7) is 1.39. The number of rotatable bonds is 6. The molecule has 1 heterocycles. The van der Waals surface area contributed by atoms with E-state index < -0.39 is 10.0 Å². The zero-order valence-electron chi connectivity index (χ0n) is 10.4. The molecular formula is C12H15ClN2O3S. The van der Waals surface area contributed by atoms with Gasteiger partial charge in [0.15, 0.2) is 5.22 Å². The van der Waals surface area contributed by atoms with Gasteiger partial charge in [-0.25, -0.2) is 13.1 Å². The number of hydrogen-bond donors (Lipinski definition) is 2. The first kappa shape index (κ1) is 14.3. The minimum Gasteiger partial charge on any atom is -0.444 e. The highest BCUT2D eigenvalue weighted by molar-refractivity contribution is 7.88. The van der Waals surface area contributed by atoms with Crippen LogP contribution in [0.25, 0.3) is 11.0 Å². The summed E-state index contributed by atoms with van der Waals surface area (Å²) in [4.78, 5) is 0. The molecule has 1 aromatic carbocycles.